The van der Waals surface area contributed by atoms with E-state index in [1.165, 1.54) is 13.8 Å². The largest absolute Gasteiger partial charge is 0.481 e. The summed E-state index contributed by atoms with van der Waals surface area (Å²) < 4.78 is 68.4. The van der Waals surface area contributed by atoms with Crippen LogP contribution in [0.4, 0.5) is 5.82 Å². The molecule has 2 unspecified atom stereocenters. The average Bonchev–Trinajstić information content (AvgIpc) is 3.86. The van der Waals surface area contributed by atoms with Crippen LogP contribution in [-0.4, -0.2) is 141 Å². The molecule has 4 aromatic rings. The van der Waals surface area contributed by atoms with Gasteiger partial charge in [0.25, 0.3) is 5.91 Å². The molecule has 1 fully saturated rings. The maximum Gasteiger partial charge on any atom is 0.481 e. The molecule has 1 saturated heterocycles. The van der Waals surface area contributed by atoms with E-state index in [9.17, 15) is 62.7 Å². The number of nitrogens with one attached hydrogen (secondary N) is 3. The molecule has 0 radical (unpaired) electrons. The number of anilines is 1. The van der Waals surface area contributed by atoms with E-state index >= 15 is 0 Å². The summed E-state index contributed by atoms with van der Waals surface area (Å²) in [5, 5.41) is 29.7. The number of nitrogens with zero attached hydrogens (tertiary/aromatic N) is 4. The molecule has 2 aromatic carbocycles. The summed E-state index contributed by atoms with van der Waals surface area (Å²) in [6.07, 6.45) is -6.55. The average molecular weight is 1110 g/mol. The molecule has 27 nitrogen and oxygen atoms in total. The molecule has 11 N–H and O–H groups in total. The Labute approximate surface area is 420 Å². The van der Waals surface area contributed by atoms with Gasteiger partial charge in [-0.2, -0.15) is 4.31 Å². The highest BCUT2D eigenvalue weighted by Crippen LogP contribution is 2.61. The molecular formula is C40H54ClN8O19P3S. The van der Waals surface area contributed by atoms with Crippen LogP contribution in [0.3, 0.4) is 0 Å². The van der Waals surface area contributed by atoms with Crippen LogP contribution in [-0.2, 0) is 57.1 Å². The van der Waals surface area contributed by atoms with Crippen LogP contribution in [0, 0.1) is 5.41 Å². The predicted octanol–water partition coefficient (Wildman–Crippen LogP) is 2.15. The fraction of sp³-hybridized carbons (Fsp3) is 0.475. The van der Waals surface area contributed by atoms with Crippen LogP contribution in [0.1, 0.15) is 56.3 Å². The van der Waals surface area contributed by atoms with E-state index in [0.29, 0.717) is 29.3 Å². The maximum absolute atomic E-state index is 13.0. The second kappa shape index (κ2) is 24.7. The van der Waals surface area contributed by atoms with Crippen molar-refractivity contribution >= 4 is 86.6 Å². The molecule has 7 atom stereocenters. The van der Waals surface area contributed by atoms with Gasteiger partial charge in [-0.05, 0) is 62.2 Å². The number of aliphatic hydroxyl groups is 2. The summed E-state index contributed by atoms with van der Waals surface area (Å²) in [5.74, 6) is -1.14. The number of fused-ring (bicyclic) bond motifs is 1. The number of aliphatic hydroxyl groups excluding tert-OH is 2. The SMILES string of the molecule is CC(C)(Oc1ccc(CCNC(=O)c2ccc(Cl)cc2)cc1)C(=O)SCCNC(=O)CCNC(=O)[C@H](O)C(C)(C)COP(=O)(O)OP(=O)(O)OC[C@H]1O[C@@H](n2cnc3c(N)ncnc32)[C@H](O)[C@@H]1OP(=O)(O)O. The van der Waals surface area contributed by atoms with Crippen molar-refractivity contribution in [3.05, 3.63) is 77.3 Å². The van der Waals surface area contributed by atoms with Gasteiger partial charge in [0.2, 0.25) is 16.9 Å². The molecule has 3 amide bonds. The van der Waals surface area contributed by atoms with E-state index in [1.54, 1.807) is 50.2 Å². The van der Waals surface area contributed by atoms with Crippen molar-refractivity contribution in [1.82, 2.24) is 35.5 Å². The Bertz CT molecular complexity index is 2700. The maximum atomic E-state index is 13.0. The Morgan fingerprint density at radius 2 is 1.57 bits per heavy atom. The number of hydrogen-bond acceptors (Lipinski definition) is 20. The molecule has 0 aliphatic carbocycles. The highest BCUT2D eigenvalue weighted by molar-refractivity contribution is 8.13. The van der Waals surface area contributed by atoms with Gasteiger partial charge in [0, 0.05) is 47.8 Å². The number of nitrogen functional groups attached to an aromatic ring is 1. The number of thioether (sulfide) groups is 1. The second-order valence-electron chi connectivity index (χ2n) is 17.0. The van der Waals surface area contributed by atoms with Crippen molar-refractivity contribution < 1.29 is 90.0 Å². The number of phosphoric ester groups is 3. The first kappa shape index (κ1) is 58.4. The lowest BCUT2D eigenvalue weighted by molar-refractivity contribution is -0.137. The molecule has 0 bridgehead atoms. The molecule has 32 heteroatoms. The van der Waals surface area contributed by atoms with E-state index in [0.717, 1.165) is 34.5 Å². The van der Waals surface area contributed by atoms with Crippen molar-refractivity contribution in [3.8, 4) is 5.75 Å². The molecular weight excluding hydrogens is 1060 g/mol. The van der Waals surface area contributed by atoms with Crippen LogP contribution in [0.25, 0.3) is 11.2 Å². The predicted molar refractivity (Wildman–Crippen MR) is 256 cm³/mol. The quantitative estimate of drug-likeness (QED) is 0.0318. The highest BCUT2D eigenvalue weighted by atomic mass is 35.5. The number of hydrogen-bond donors (Lipinski definition) is 10. The summed E-state index contributed by atoms with van der Waals surface area (Å²) in [7, 11) is -16.5. The zero-order valence-electron chi connectivity index (χ0n) is 38.8. The zero-order chi connectivity index (χ0) is 53.2. The summed E-state index contributed by atoms with van der Waals surface area (Å²) in [5.41, 5.74) is 4.42. The van der Waals surface area contributed by atoms with E-state index in [1.807, 2.05) is 12.1 Å². The third-order valence-electron chi connectivity index (χ3n) is 10.3. The van der Waals surface area contributed by atoms with Crippen LogP contribution >= 0.6 is 46.8 Å². The van der Waals surface area contributed by atoms with Crippen molar-refractivity contribution in [2.24, 2.45) is 5.41 Å². The number of rotatable bonds is 26. The van der Waals surface area contributed by atoms with Crippen molar-refractivity contribution in [2.45, 2.75) is 76.8 Å². The minimum atomic E-state index is -5.61. The van der Waals surface area contributed by atoms with Gasteiger partial charge in [-0.25, -0.2) is 28.6 Å². The number of nitrogens with two attached hydrogens (primary N) is 1. The summed E-state index contributed by atoms with van der Waals surface area (Å²) in [4.78, 5) is 102. The van der Waals surface area contributed by atoms with Gasteiger partial charge in [0.1, 0.15) is 42.0 Å². The second-order valence-corrected chi connectivity index (χ2v) is 22.7. The lowest BCUT2D eigenvalue weighted by atomic mass is 9.87. The van der Waals surface area contributed by atoms with E-state index in [2.05, 4.69) is 39.7 Å². The Morgan fingerprint density at radius 3 is 2.24 bits per heavy atom. The fourth-order valence-electron chi connectivity index (χ4n) is 6.53. The monoisotopic (exact) mass is 1110 g/mol. The van der Waals surface area contributed by atoms with Crippen LogP contribution < -0.4 is 26.4 Å². The van der Waals surface area contributed by atoms with Crippen LogP contribution in [0.5, 0.6) is 5.75 Å². The zero-order valence-corrected chi connectivity index (χ0v) is 43.1. The standard InChI is InChI=1S/C40H54ClN8O19P3S/c1-39(2,20-64-71(61,62)68-70(59,60)63-19-27-31(67-69(56,57)58)30(51)37(65-27)49-22-48-29-33(42)46-21-47-34(29)49)32(52)36(54)45-16-14-28(50)43-17-18-72-38(55)40(3,4)66-26-11-5-23(6-12-26)13-15-44-35(53)24-7-9-25(41)10-8-24/h5-12,21-22,27,30-32,37,51-52H,13-20H2,1-4H3,(H,43,50)(H,44,53)(H,45,54)(H,59,60)(H,61,62)(H2,42,46,47)(H2,56,57,58)/t27-,30-,31-,32+,37-/m1/s1. The molecule has 396 valence electrons. The highest BCUT2D eigenvalue weighted by Gasteiger charge is 2.50. The van der Waals surface area contributed by atoms with Gasteiger partial charge < -0.3 is 60.9 Å². The summed E-state index contributed by atoms with van der Waals surface area (Å²) >= 11 is 6.81. The number of benzene rings is 2. The van der Waals surface area contributed by atoms with Gasteiger partial charge in [-0.1, -0.05) is 49.3 Å². The van der Waals surface area contributed by atoms with E-state index < -0.39 is 90.2 Å². The molecule has 0 spiro atoms. The number of ether oxygens (including phenoxy) is 2. The number of aromatic nitrogens is 4. The fourth-order valence-corrected chi connectivity index (χ4v) is 10.3. The minimum Gasteiger partial charge on any atom is -0.479 e. The first-order valence-electron chi connectivity index (χ1n) is 21.4. The summed E-state index contributed by atoms with van der Waals surface area (Å²) in [6, 6.07) is 13.6. The Kier molecular flexibility index (Phi) is 20.1. The van der Waals surface area contributed by atoms with Gasteiger partial charge in [-0.3, -0.25) is 37.3 Å². The molecule has 1 aliphatic rings. The van der Waals surface area contributed by atoms with E-state index in [-0.39, 0.29) is 53.3 Å². The van der Waals surface area contributed by atoms with Crippen molar-refractivity contribution in [1.29, 1.82) is 0 Å². The molecule has 0 saturated carbocycles. The first-order valence-corrected chi connectivity index (χ1v) is 27.3. The third-order valence-corrected chi connectivity index (χ3v) is 14.8. The normalized spacial score (nSPS) is 19.5. The molecule has 5 rings (SSSR count). The lowest BCUT2D eigenvalue weighted by Gasteiger charge is -2.30. The number of phosphoric acid groups is 3. The minimum absolute atomic E-state index is 0.0195. The third kappa shape index (κ3) is 17.1. The van der Waals surface area contributed by atoms with E-state index in [4.69, 9.17) is 35.9 Å². The Morgan fingerprint density at radius 1 is 0.903 bits per heavy atom. The van der Waals surface area contributed by atoms with Gasteiger partial charge in [-0.15, -0.1) is 0 Å². The lowest BCUT2D eigenvalue weighted by Crippen LogP contribution is -2.46. The number of amides is 3. The van der Waals surface area contributed by atoms with Crippen LogP contribution in [0.15, 0.2) is 61.2 Å². The Balaban J connectivity index is 0.982. The first-order chi connectivity index (χ1) is 33.6. The van der Waals surface area contributed by atoms with Crippen LogP contribution in [0.2, 0.25) is 5.02 Å². The van der Waals surface area contributed by atoms with Gasteiger partial charge in [0.15, 0.2) is 23.3 Å². The number of imidazole rings is 1. The summed E-state index contributed by atoms with van der Waals surface area (Å²) in [6.45, 7) is 3.86. The smallest absolute Gasteiger partial charge is 0.479 e. The topological polar surface area (TPSA) is 402 Å². The number of carbonyl (C=O) groups is 4. The molecule has 3 heterocycles. The Hall–Kier alpha value is -4.44. The van der Waals surface area contributed by atoms with Crippen molar-refractivity contribution in [2.75, 3.05) is 44.3 Å². The number of carbonyl (C=O) groups excluding carboxylic acids is 4. The molecule has 1 aliphatic heterocycles. The van der Waals surface area contributed by atoms with Crippen molar-refractivity contribution in [3.63, 3.8) is 0 Å². The number of halogens is 1. The van der Waals surface area contributed by atoms with Gasteiger partial charge >= 0.3 is 23.5 Å². The molecule has 2 aromatic heterocycles. The molecule has 72 heavy (non-hydrogen) atoms. The van der Waals surface area contributed by atoms with Gasteiger partial charge in [0.05, 0.1) is 19.5 Å².